The molecule has 1 fully saturated rings. The second-order valence-corrected chi connectivity index (χ2v) is 7.77. The summed E-state index contributed by atoms with van der Waals surface area (Å²) < 4.78 is 26.8. The van der Waals surface area contributed by atoms with Crippen LogP contribution in [-0.4, -0.2) is 40.9 Å². The van der Waals surface area contributed by atoms with Gasteiger partial charge in [-0.25, -0.2) is 13.6 Å². The van der Waals surface area contributed by atoms with Crippen LogP contribution in [0.4, 0.5) is 19.3 Å². The third-order valence-electron chi connectivity index (χ3n) is 5.89. The van der Waals surface area contributed by atoms with Gasteiger partial charge in [-0.1, -0.05) is 18.2 Å². The molecule has 1 aliphatic carbocycles. The molecule has 0 saturated carbocycles. The zero-order valence-electron chi connectivity index (χ0n) is 15.6. The Morgan fingerprint density at radius 1 is 1.10 bits per heavy atom. The van der Waals surface area contributed by atoms with Crippen molar-refractivity contribution in [3.8, 4) is 0 Å². The SMILES string of the molecule is O=C1Nc2ccc(F)cc2CN1CC(=O)N1C[C@H]2C=C(c3ccc(F)cc3)[C@@H]1C2. The number of amides is 3. The van der Waals surface area contributed by atoms with E-state index in [4.69, 9.17) is 0 Å². The van der Waals surface area contributed by atoms with E-state index in [-0.39, 0.29) is 48.6 Å². The van der Waals surface area contributed by atoms with Crippen molar-refractivity contribution in [2.24, 2.45) is 5.92 Å². The molecule has 2 aromatic carbocycles. The Kier molecular flexibility index (Phi) is 4.12. The lowest BCUT2D eigenvalue weighted by Crippen LogP contribution is -2.48. The quantitative estimate of drug-likeness (QED) is 0.863. The van der Waals surface area contributed by atoms with Gasteiger partial charge in [-0.2, -0.15) is 0 Å². The van der Waals surface area contributed by atoms with Gasteiger partial charge in [0.05, 0.1) is 12.6 Å². The van der Waals surface area contributed by atoms with Crippen molar-refractivity contribution in [3.05, 3.63) is 71.3 Å². The van der Waals surface area contributed by atoms with Crippen molar-refractivity contribution in [1.29, 1.82) is 0 Å². The summed E-state index contributed by atoms with van der Waals surface area (Å²) in [7, 11) is 0. The predicted octanol–water partition coefficient (Wildman–Crippen LogP) is 3.63. The van der Waals surface area contributed by atoms with Gasteiger partial charge in [0.25, 0.3) is 0 Å². The molecule has 148 valence electrons. The van der Waals surface area contributed by atoms with Gasteiger partial charge in [-0.3, -0.25) is 4.79 Å². The summed E-state index contributed by atoms with van der Waals surface area (Å²) in [4.78, 5) is 28.6. The van der Waals surface area contributed by atoms with Gasteiger partial charge >= 0.3 is 6.03 Å². The number of carbonyl (C=O) groups excluding carboxylic acids is 2. The second kappa shape index (κ2) is 6.69. The van der Waals surface area contributed by atoms with Gasteiger partial charge < -0.3 is 15.1 Å². The number of likely N-dealkylation sites (tertiary alicyclic amines) is 1. The first-order chi connectivity index (χ1) is 14.0. The van der Waals surface area contributed by atoms with Crippen molar-refractivity contribution in [2.45, 2.75) is 19.0 Å². The number of hydrogen-bond donors (Lipinski definition) is 1. The Hall–Kier alpha value is -3.22. The van der Waals surface area contributed by atoms with Gasteiger partial charge in [0, 0.05) is 12.2 Å². The number of nitrogens with one attached hydrogen (secondary N) is 1. The molecule has 2 atom stereocenters. The van der Waals surface area contributed by atoms with E-state index in [0.29, 0.717) is 17.8 Å². The Balaban J connectivity index is 1.31. The molecule has 0 radical (unpaired) electrons. The number of fused-ring (bicyclic) bond motifs is 3. The first-order valence-electron chi connectivity index (χ1n) is 9.59. The Morgan fingerprint density at radius 2 is 1.86 bits per heavy atom. The van der Waals surface area contributed by atoms with E-state index in [1.54, 1.807) is 17.0 Å². The van der Waals surface area contributed by atoms with Crippen molar-refractivity contribution in [2.75, 3.05) is 18.4 Å². The minimum Gasteiger partial charge on any atom is -0.333 e. The fourth-order valence-corrected chi connectivity index (χ4v) is 4.52. The summed E-state index contributed by atoms with van der Waals surface area (Å²) in [6.07, 6.45) is 3.01. The number of carbonyl (C=O) groups is 2. The van der Waals surface area contributed by atoms with Crippen LogP contribution in [0.2, 0.25) is 0 Å². The molecule has 0 spiro atoms. The topological polar surface area (TPSA) is 52.7 Å². The van der Waals surface area contributed by atoms with E-state index in [2.05, 4.69) is 11.4 Å². The van der Waals surface area contributed by atoms with Crippen LogP contribution in [0, 0.1) is 17.6 Å². The molecule has 1 saturated heterocycles. The molecule has 7 heteroatoms. The van der Waals surface area contributed by atoms with Crippen LogP contribution in [0.5, 0.6) is 0 Å². The van der Waals surface area contributed by atoms with Gasteiger partial charge in [0.1, 0.15) is 18.2 Å². The molecule has 5 rings (SSSR count). The molecule has 2 aliphatic heterocycles. The Bertz CT molecular complexity index is 1030. The van der Waals surface area contributed by atoms with E-state index >= 15 is 0 Å². The van der Waals surface area contributed by atoms with Gasteiger partial charge in [0.15, 0.2) is 0 Å². The van der Waals surface area contributed by atoms with Crippen LogP contribution in [-0.2, 0) is 11.3 Å². The highest BCUT2D eigenvalue weighted by Gasteiger charge is 2.42. The van der Waals surface area contributed by atoms with E-state index < -0.39 is 0 Å². The van der Waals surface area contributed by atoms with E-state index in [0.717, 1.165) is 17.6 Å². The van der Waals surface area contributed by atoms with Crippen LogP contribution >= 0.6 is 0 Å². The maximum absolute atomic E-state index is 13.5. The fourth-order valence-electron chi connectivity index (χ4n) is 4.52. The first kappa shape index (κ1) is 17.8. The summed E-state index contributed by atoms with van der Waals surface area (Å²) in [5, 5.41) is 2.71. The molecule has 2 bridgehead atoms. The van der Waals surface area contributed by atoms with Crippen molar-refractivity contribution in [3.63, 3.8) is 0 Å². The van der Waals surface area contributed by atoms with E-state index in [1.165, 1.54) is 35.2 Å². The molecule has 2 aromatic rings. The minimum absolute atomic E-state index is 0.0597. The largest absolute Gasteiger partial charge is 0.333 e. The molecule has 1 N–H and O–H groups in total. The maximum Gasteiger partial charge on any atom is 0.322 e. The molecule has 2 heterocycles. The Morgan fingerprint density at radius 3 is 2.62 bits per heavy atom. The van der Waals surface area contributed by atoms with Crippen LogP contribution in [0.15, 0.2) is 48.5 Å². The summed E-state index contributed by atoms with van der Waals surface area (Å²) in [6.45, 7) is 0.740. The lowest BCUT2D eigenvalue weighted by molar-refractivity contribution is -0.132. The summed E-state index contributed by atoms with van der Waals surface area (Å²) in [6, 6.07) is 10.1. The van der Waals surface area contributed by atoms with Crippen molar-refractivity contribution in [1.82, 2.24) is 9.80 Å². The van der Waals surface area contributed by atoms with Gasteiger partial charge in [-0.15, -0.1) is 0 Å². The van der Waals surface area contributed by atoms with Crippen molar-refractivity contribution >= 4 is 23.2 Å². The molecule has 29 heavy (non-hydrogen) atoms. The van der Waals surface area contributed by atoms with E-state index in [1.807, 2.05) is 0 Å². The minimum atomic E-state index is -0.378. The smallest absolute Gasteiger partial charge is 0.322 e. The highest BCUT2D eigenvalue weighted by atomic mass is 19.1. The summed E-state index contributed by atoms with van der Waals surface area (Å²) in [5.41, 5.74) is 3.16. The standard InChI is InChI=1S/C22H19F2N3O2/c23-16-3-1-14(2-4-16)18-7-13-8-20(18)27(10-13)21(28)12-26-11-15-9-17(24)5-6-19(15)25-22(26)29/h1-7,9,13,20H,8,10-12H2,(H,25,29)/t13-,20-/m0/s1. The monoisotopic (exact) mass is 395 g/mol. The summed E-state index contributed by atoms with van der Waals surface area (Å²) in [5.74, 6) is -0.537. The first-order valence-corrected chi connectivity index (χ1v) is 9.59. The molecule has 5 nitrogen and oxygen atoms in total. The number of anilines is 1. The average Bonchev–Trinajstić information content (AvgIpc) is 3.30. The third-order valence-corrected chi connectivity index (χ3v) is 5.89. The number of rotatable bonds is 3. The molecule has 3 amide bonds. The second-order valence-electron chi connectivity index (χ2n) is 7.77. The molecular formula is C22H19F2N3O2. The molecule has 3 aliphatic rings. The Labute approximate surface area is 166 Å². The van der Waals surface area contributed by atoms with Crippen LogP contribution in [0.1, 0.15) is 17.5 Å². The summed E-state index contributed by atoms with van der Waals surface area (Å²) >= 11 is 0. The number of nitrogens with zero attached hydrogens (tertiary/aromatic N) is 2. The highest BCUT2D eigenvalue weighted by molar-refractivity contribution is 5.95. The highest BCUT2D eigenvalue weighted by Crippen LogP contribution is 2.41. The normalized spacial score (nSPS) is 22.4. The average molecular weight is 395 g/mol. The molecular weight excluding hydrogens is 376 g/mol. The number of benzene rings is 2. The fraction of sp³-hybridized carbons (Fsp3) is 0.273. The third kappa shape index (κ3) is 3.16. The number of halogens is 2. The lowest BCUT2D eigenvalue weighted by Gasteiger charge is -2.33. The lowest BCUT2D eigenvalue weighted by atomic mass is 10.00. The predicted molar refractivity (Wildman–Crippen MR) is 104 cm³/mol. The number of urea groups is 1. The number of hydrogen-bond acceptors (Lipinski definition) is 2. The van der Waals surface area contributed by atoms with Gasteiger partial charge in [-0.05, 0) is 59.4 Å². The molecule has 0 aromatic heterocycles. The van der Waals surface area contributed by atoms with E-state index in [9.17, 15) is 18.4 Å². The van der Waals surface area contributed by atoms with Crippen LogP contribution in [0.25, 0.3) is 5.57 Å². The van der Waals surface area contributed by atoms with Gasteiger partial charge in [0.2, 0.25) is 5.91 Å². The van der Waals surface area contributed by atoms with Crippen LogP contribution < -0.4 is 5.32 Å². The van der Waals surface area contributed by atoms with Crippen molar-refractivity contribution < 1.29 is 18.4 Å². The van der Waals surface area contributed by atoms with Crippen LogP contribution in [0.3, 0.4) is 0 Å². The maximum atomic E-state index is 13.5. The molecule has 0 unspecified atom stereocenters. The zero-order chi connectivity index (χ0) is 20.1. The zero-order valence-corrected chi connectivity index (χ0v) is 15.6.